The molecule has 0 saturated heterocycles. The van der Waals surface area contributed by atoms with Gasteiger partial charge in [-0.15, -0.1) is 11.3 Å². The van der Waals surface area contributed by atoms with Crippen LogP contribution in [0, 0.1) is 13.8 Å². The van der Waals surface area contributed by atoms with Crippen molar-refractivity contribution in [3.8, 4) is 0 Å². The summed E-state index contributed by atoms with van der Waals surface area (Å²) in [5.74, 6) is -0.399. The van der Waals surface area contributed by atoms with Crippen LogP contribution in [0.4, 0.5) is 5.13 Å². The van der Waals surface area contributed by atoms with Gasteiger partial charge in [0.2, 0.25) is 5.91 Å². The molecule has 1 unspecified atom stereocenters. The molecule has 1 atom stereocenters. The third-order valence-corrected chi connectivity index (χ3v) is 5.20. The minimum atomic E-state index is -0.430. The zero-order valence-electron chi connectivity index (χ0n) is 15.2. The molecule has 6 heteroatoms. The molecule has 138 valence electrons. The second-order valence-electron chi connectivity index (χ2n) is 6.22. The molecule has 0 fully saturated rings. The number of hydrogen-bond donors (Lipinski definition) is 2. The Morgan fingerprint density at radius 2 is 1.63 bits per heavy atom. The van der Waals surface area contributed by atoms with Crippen molar-refractivity contribution < 1.29 is 9.59 Å². The van der Waals surface area contributed by atoms with Crippen molar-refractivity contribution in [2.45, 2.75) is 26.3 Å². The van der Waals surface area contributed by atoms with Crippen LogP contribution in [0.5, 0.6) is 0 Å². The molecule has 0 aliphatic heterocycles. The highest BCUT2D eigenvalue weighted by Gasteiger charge is 2.20. The Kier molecular flexibility index (Phi) is 5.98. The molecule has 2 aromatic carbocycles. The monoisotopic (exact) mass is 379 g/mol. The number of hydrogen-bond acceptors (Lipinski definition) is 4. The second kappa shape index (κ2) is 8.60. The molecule has 0 spiro atoms. The van der Waals surface area contributed by atoms with E-state index in [0.717, 1.165) is 16.1 Å². The number of aromatic nitrogens is 1. The van der Waals surface area contributed by atoms with Crippen molar-refractivity contribution in [1.29, 1.82) is 0 Å². The van der Waals surface area contributed by atoms with Crippen LogP contribution in [-0.4, -0.2) is 16.8 Å². The van der Waals surface area contributed by atoms with E-state index >= 15 is 0 Å². The van der Waals surface area contributed by atoms with E-state index in [1.807, 2.05) is 62.4 Å². The van der Waals surface area contributed by atoms with Crippen LogP contribution in [0.3, 0.4) is 0 Å². The molecule has 0 radical (unpaired) electrons. The Hall–Kier alpha value is -2.99. The van der Waals surface area contributed by atoms with Gasteiger partial charge in [0.05, 0.1) is 18.2 Å². The number of carbonyl (C=O) groups is 2. The topological polar surface area (TPSA) is 71.1 Å². The van der Waals surface area contributed by atoms with Gasteiger partial charge in [0.1, 0.15) is 0 Å². The fourth-order valence-electron chi connectivity index (χ4n) is 2.65. The number of carbonyl (C=O) groups excluding carboxylic acids is 2. The van der Waals surface area contributed by atoms with Gasteiger partial charge in [0, 0.05) is 10.4 Å². The van der Waals surface area contributed by atoms with Crippen LogP contribution in [-0.2, 0) is 4.79 Å². The summed E-state index contributed by atoms with van der Waals surface area (Å²) in [6, 6.07) is 18.0. The molecule has 5 nitrogen and oxygen atoms in total. The first-order valence-corrected chi connectivity index (χ1v) is 9.49. The highest BCUT2D eigenvalue weighted by atomic mass is 32.1. The largest absolute Gasteiger partial charge is 0.345 e. The molecule has 0 aliphatic rings. The van der Waals surface area contributed by atoms with Crippen molar-refractivity contribution in [2.24, 2.45) is 0 Å². The number of nitrogens with zero attached hydrogens (tertiary/aromatic N) is 1. The molecule has 0 saturated carbocycles. The lowest BCUT2D eigenvalue weighted by molar-refractivity contribution is -0.116. The SMILES string of the molecule is Cc1nc(NC(=O)CC(NC(=O)c2ccccc2)c2ccccc2)sc1C. The number of amides is 2. The Morgan fingerprint density at radius 1 is 1.00 bits per heavy atom. The maximum absolute atomic E-state index is 12.6. The standard InChI is InChI=1S/C21H21N3O2S/c1-14-15(2)27-21(22-14)24-19(25)13-18(16-9-5-3-6-10-16)23-20(26)17-11-7-4-8-12-17/h3-12,18H,13H2,1-2H3,(H,23,26)(H,22,24,25). The Labute approximate surface area is 162 Å². The summed E-state index contributed by atoms with van der Waals surface area (Å²) in [4.78, 5) is 30.5. The van der Waals surface area contributed by atoms with Crippen molar-refractivity contribution >= 4 is 28.3 Å². The zero-order chi connectivity index (χ0) is 19.2. The molecule has 27 heavy (non-hydrogen) atoms. The summed E-state index contributed by atoms with van der Waals surface area (Å²) >= 11 is 1.45. The van der Waals surface area contributed by atoms with Crippen LogP contribution < -0.4 is 10.6 Å². The third kappa shape index (κ3) is 5.01. The van der Waals surface area contributed by atoms with Crippen LogP contribution in [0.15, 0.2) is 60.7 Å². The number of nitrogens with one attached hydrogen (secondary N) is 2. The van der Waals surface area contributed by atoms with Gasteiger partial charge in [-0.25, -0.2) is 4.98 Å². The maximum atomic E-state index is 12.6. The smallest absolute Gasteiger partial charge is 0.251 e. The zero-order valence-corrected chi connectivity index (χ0v) is 16.0. The van der Waals surface area contributed by atoms with Crippen LogP contribution in [0.2, 0.25) is 0 Å². The fourth-order valence-corrected chi connectivity index (χ4v) is 3.48. The molecular formula is C21H21N3O2S. The lowest BCUT2D eigenvalue weighted by Crippen LogP contribution is -2.31. The first-order valence-electron chi connectivity index (χ1n) is 8.67. The molecule has 3 rings (SSSR count). The second-order valence-corrected chi connectivity index (χ2v) is 7.42. The number of thiazole rings is 1. The quantitative estimate of drug-likeness (QED) is 0.672. The van der Waals surface area contributed by atoms with Crippen molar-refractivity contribution in [2.75, 3.05) is 5.32 Å². The number of rotatable bonds is 6. The summed E-state index contributed by atoms with van der Waals surface area (Å²) in [7, 11) is 0. The Balaban J connectivity index is 1.74. The average Bonchev–Trinajstić information content (AvgIpc) is 2.99. The summed E-state index contributed by atoms with van der Waals surface area (Å²) in [6.07, 6.45) is 0.125. The van der Waals surface area contributed by atoms with Crippen LogP contribution in [0.25, 0.3) is 0 Å². The predicted molar refractivity (Wildman–Crippen MR) is 108 cm³/mol. The number of benzene rings is 2. The molecular weight excluding hydrogens is 358 g/mol. The molecule has 2 amide bonds. The highest BCUT2D eigenvalue weighted by Crippen LogP contribution is 2.23. The van der Waals surface area contributed by atoms with Gasteiger partial charge in [-0.3, -0.25) is 9.59 Å². The van der Waals surface area contributed by atoms with Crippen molar-refractivity contribution in [1.82, 2.24) is 10.3 Å². The first-order chi connectivity index (χ1) is 13.0. The van der Waals surface area contributed by atoms with Crippen LogP contribution >= 0.6 is 11.3 Å². The number of anilines is 1. The summed E-state index contributed by atoms with van der Waals surface area (Å²) in [6.45, 7) is 3.88. The van der Waals surface area contributed by atoms with Gasteiger partial charge in [-0.2, -0.15) is 0 Å². The van der Waals surface area contributed by atoms with E-state index < -0.39 is 6.04 Å². The molecule has 1 heterocycles. The van der Waals surface area contributed by atoms with Gasteiger partial charge in [0.25, 0.3) is 5.91 Å². The summed E-state index contributed by atoms with van der Waals surface area (Å²) in [5, 5.41) is 6.38. The lowest BCUT2D eigenvalue weighted by atomic mass is 10.0. The number of aryl methyl sites for hydroxylation is 2. The van der Waals surface area contributed by atoms with E-state index in [2.05, 4.69) is 15.6 Å². The Morgan fingerprint density at radius 3 is 2.22 bits per heavy atom. The molecule has 2 N–H and O–H groups in total. The lowest BCUT2D eigenvalue weighted by Gasteiger charge is -2.19. The van der Waals surface area contributed by atoms with E-state index in [9.17, 15) is 9.59 Å². The van der Waals surface area contributed by atoms with E-state index in [4.69, 9.17) is 0 Å². The summed E-state index contributed by atoms with van der Waals surface area (Å²) in [5.41, 5.74) is 2.35. The molecule has 3 aromatic rings. The Bertz CT molecular complexity index is 904. The van der Waals surface area contributed by atoms with Crippen molar-refractivity contribution in [3.05, 3.63) is 82.4 Å². The average molecular weight is 379 g/mol. The van der Waals surface area contributed by atoms with Gasteiger partial charge >= 0.3 is 0 Å². The molecule has 0 aliphatic carbocycles. The fraction of sp³-hybridized carbons (Fsp3) is 0.190. The van der Waals surface area contributed by atoms with Gasteiger partial charge in [0.15, 0.2) is 5.13 Å². The van der Waals surface area contributed by atoms with Crippen LogP contribution in [0.1, 0.15) is 39.0 Å². The van der Waals surface area contributed by atoms with E-state index in [1.54, 1.807) is 12.1 Å². The maximum Gasteiger partial charge on any atom is 0.251 e. The third-order valence-electron chi connectivity index (χ3n) is 4.21. The minimum absolute atomic E-state index is 0.125. The van der Waals surface area contributed by atoms with E-state index in [1.165, 1.54) is 11.3 Å². The normalized spacial score (nSPS) is 11.6. The predicted octanol–water partition coefficient (Wildman–Crippen LogP) is 4.26. The minimum Gasteiger partial charge on any atom is -0.345 e. The van der Waals surface area contributed by atoms with E-state index in [0.29, 0.717) is 10.7 Å². The van der Waals surface area contributed by atoms with Gasteiger partial charge in [-0.1, -0.05) is 48.5 Å². The van der Waals surface area contributed by atoms with Gasteiger partial charge < -0.3 is 10.6 Å². The van der Waals surface area contributed by atoms with Gasteiger partial charge in [-0.05, 0) is 31.5 Å². The first kappa shape index (κ1) is 18.8. The van der Waals surface area contributed by atoms with Crippen molar-refractivity contribution in [3.63, 3.8) is 0 Å². The summed E-state index contributed by atoms with van der Waals surface area (Å²) < 4.78 is 0. The van der Waals surface area contributed by atoms with E-state index in [-0.39, 0.29) is 18.2 Å². The molecule has 1 aromatic heterocycles. The highest BCUT2D eigenvalue weighted by molar-refractivity contribution is 7.15. The molecule has 0 bridgehead atoms.